The molecule has 0 fully saturated rings. The van der Waals surface area contributed by atoms with Gasteiger partial charge < -0.3 is 20.1 Å². The van der Waals surface area contributed by atoms with E-state index in [1.54, 1.807) is 18.3 Å². The fraction of sp³-hybridized carbons (Fsp3) is 0.217. The van der Waals surface area contributed by atoms with Crippen molar-refractivity contribution in [3.8, 4) is 11.5 Å². The Morgan fingerprint density at radius 2 is 1.66 bits per heavy atom. The first-order chi connectivity index (χ1) is 14.1. The summed E-state index contributed by atoms with van der Waals surface area (Å²) in [7, 11) is 0. The molecule has 29 heavy (non-hydrogen) atoms. The third-order valence-corrected chi connectivity index (χ3v) is 3.96. The number of hydrogen-bond donors (Lipinski definition) is 2. The summed E-state index contributed by atoms with van der Waals surface area (Å²) in [6.45, 7) is 6.38. The SMILES string of the molecule is CCOc1ccccc1NC(=O)c1ccc(Nc2ccccc2OC(C)C)cn1. The van der Waals surface area contributed by atoms with Gasteiger partial charge in [-0.2, -0.15) is 0 Å². The number of carbonyl (C=O) groups excluding carboxylic acids is 1. The molecule has 3 rings (SSSR count). The van der Waals surface area contributed by atoms with E-state index in [-0.39, 0.29) is 12.0 Å². The smallest absolute Gasteiger partial charge is 0.274 e. The maximum absolute atomic E-state index is 12.5. The minimum absolute atomic E-state index is 0.0710. The van der Waals surface area contributed by atoms with Gasteiger partial charge >= 0.3 is 0 Å². The van der Waals surface area contributed by atoms with Crippen molar-refractivity contribution in [3.63, 3.8) is 0 Å². The third-order valence-electron chi connectivity index (χ3n) is 3.96. The molecule has 1 aromatic heterocycles. The second-order valence-electron chi connectivity index (χ2n) is 6.60. The van der Waals surface area contributed by atoms with Crippen LogP contribution in [0.5, 0.6) is 11.5 Å². The highest BCUT2D eigenvalue weighted by atomic mass is 16.5. The second-order valence-corrected chi connectivity index (χ2v) is 6.60. The number of rotatable bonds is 8. The molecule has 2 aromatic carbocycles. The van der Waals surface area contributed by atoms with Gasteiger partial charge in [0.05, 0.1) is 36.0 Å². The average molecular weight is 391 g/mol. The van der Waals surface area contributed by atoms with Crippen molar-refractivity contribution in [1.29, 1.82) is 0 Å². The Kier molecular flexibility index (Phi) is 6.68. The molecule has 0 atom stereocenters. The van der Waals surface area contributed by atoms with Crippen molar-refractivity contribution < 1.29 is 14.3 Å². The maximum Gasteiger partial charge on any atom is 0.274 e. The van der Waals surface area contributed by atoms with E-state index in [9.17, 15) is 4.79 Å². The molecule has 0 bridgehead atoms. The van der Waals surface area contributed by atoms with Gasteiger partial charge in [0.25, 0.3) is 5.91 Å². The van der Waals surface area contributed by atoms with Crippen LogP contribution in [0.1, 0.15) is 31.3 Å². The van der Waals surface area contributed by atoms with E-state index in [1.807, 2.05) is 69.3 Å². The topological polar surface area (TPSA) is 72.5 Å². The van der Waals surface area contributed by atoms with Crippen LogP contribution in [-0.2, 0) is 0 Å². The van der Waals surface area contributed by atoms with Gasteiger partial charge in [0, 0.05) is 0 Å². The van der Waals surface area contributed by atoms with E-state index in [0.717, 1.165) is 17.1 Å². The Balaban J connectivity index is 1.70. The number of amides is 1. The molecule has 0 aliphatic rings. The van der Waals surface area contributed by atoms with E-state index in [4.69, 9.17) is 9.47 Å². The highest BCUT2D eigenvalue weighted by Gasteiger charge is 2.11. The summed E-state index contributed by atoms with van der Waals surface area (Å²) in [5.41, 5.74) is 2.53. The number of nitrogens with one attached hydrogen (secondary N) is 2. The monoisotopic (exact) mass is 391 g/mol. The first kappa shape index (κ1) is 20.2. The lowest BCUT2D eigenvalue weighted by Crippen LogP contribution is -2.14. The average Bonchev–Trinajstić information content (AvgIpc) is 2.71. The van der Waals surface area contributed by atoms with Crippen LogP contribution in [0.3, 0.4) is 0 Å². The number of ether oxygens (including phenoxy) is 2. The van der Waals surface area contributed by atoms with Gasteiger partial charge in [0.1, 0.15) is 17.2 Å². The highest BCUT2D eigenvalue weighted by Crippen LogP contribution is 2.28. The molecule has 1 heterocycles. The summed E-state index contributed by atoms with van der Waals surface area (Å²) in [6.07, 6.45) is 1.69. The van der Waals surface area contributed by atoms with Crippen LogP contribution in [0.15, 0.2) is 66.9 Å². The number of benzene rings is 2. The molecule has 6 nitrogen and oxygen atoms in total. The number of aromatic nitrogens is 1. The number of hydrogen-bond acceptors (Lipinski definition) is 5. The van der Waals surface area contributed by atoms with Crippen molar-refractivity contribution in [2.75, 3.05) is 17.2 Å². The minimum atomic E-state index is -0.299. The Labute approximate surface area is 170 Å². The van der Waals surface area contributed by atoms with Gasteiger partial charge in [-0.1, -0.05) is 24.3 Å². The fourth-order valence-electron chi connectivity index (χ4n) is 2.72. The van der Waals surface area contributed by atoms with Crippen molar-refractivity contribution in [2.45, 2.75) is 26.9 Å². The van der Waals surface area contributed by atoms with Gasteiger partial charge in [0.2, 0.25) is 0 Å². The highest BCUT2D eigenvalue weighted by molar-refractivity contribution is 6.03. The summed E-state index contributed by atoms with van der Waals surface area (Å²) < 4.78 is 11.4. The Morgan fingerprint density at radius 1 is 0.966 bits per heavy atom. The molecule has 6 heteroatoms. The van der Waals surface area contributed by atoms with E-state index in [2.05, 4.69) is 15.6 Å². The molecule has 2 N–H and O–H groups in total. The van der Waals surface area contributed by atoms with Crippen LogP contribution in [0.2, 0.25) is 0 Å². The summed E-state index contributed by atoms with van der Waals surface area (Å²) in [4.78, 5) is 16.8. The standard InChI is InChI=1S/C23H25N3O3/c1-4-28-21-11-7-5-9-18(21)26-23(27)20-14-13-17(15-24-20)25-19-10-6-8-12-22(19)29-16(2)3/h5-16,25H,4H2,1-3H3,(H,26,27). The molecule has 3 aromatic rings. The fourth-order valence-corrected chi connectivity index (χ4v) is 2.72. The van der Waals surface area contributed by atoms with Crippen molar-refractivity contribution in [2.24, 2.45) is 0 Å². The quantitative estimate of drug-likeness (QED) is 0.548. The van der Waals surface area contributed by atoms with Gasteiger partial charge in [0.15, 0.2) is 0 Å². The molecule has 150 valence electrons. The van der Waals surface area contributed by atoms with Crippen molar-refractivity contribution >= 4 is 23.0 Å². The summed E-state index contributed by atoms with van der Waals surface area (Å²) in [5.74, 6) is 1.09. The largest absolute Gasteiger partial charge is 0.492 e. The zero-order chi connectivity index (χ0) is 20.6. The van der Waals surface area contributed by atoms with Gasteiger partial charge in [-0.15, -0.1) is 0 Å². The number of pyridine rings is 1. The number of para-hydroxylation sites is 4. The molecule has 1 amide bonds. The molecule has 0 saturated carbocycles. The van der Waals surface area contributed by atoms with Crippen LogP contribution in [0.4, 0.5) is 17.1 Å². The van der Waals surface area contributed by atoms with Crippen LogP contribution in [0.25, 0.3) is 0 Å². The summed E-state index contributed by atoms with van der Waals surface area (Å²) >= 11 is 0. The molecule has 0 spiro atoms. The van der Waals surface area contributed by atoms with Crippen LogP contribution in [0, 0.1) is 0 Å². The van der Waals surface area contributed by atoms with E-state index < -0.39 is 0 Å². The van der Waals surface area contributed by atoms with Crippen molar-refractivity contribution in [1.82, 2.24) is 4.98 Å². The summed E-state index contributed by atoms with van der Waals surface area (Å²) in [6, 6.07) is 18.5. The molecule has 0 aliphatic carbocycles. The maximum atomic E-state index is 12.5. The lowest BCUT2D eigenvalue weighted by atomic mass is 10.2. The second kappa shape index (κ2) is 9.59. The molecular formula is C23H25N3O3. The van der Waals surface area contributed by atoms with E-state index >= 15 is 0 Å². The van der Waals surface area contributed by atoms with Crippen LogP contribution < -0.4 is 20.1 Å². The van der Waals surface area contributed by atoms with E-state index in [0.29, 0.717) is 23.7 Å². The minimum Gasteiger partial charge on any atom is -0.492 e. The number of anilines is 3. The lowest BCUT2D eigenvalue weighted by molar-refractivity contribution is 0.102. The predicted molar refractivity (Wildman–Crippen MR) is 115 cm³/mol. The Bertz CT molecular complexity index is 956. The van der Waals surface area contributed by atoms with Crippen LogP contribution in [-0.4, -0.2) is 23.6 Å². The third kappa shape index (κ3) is 5.48. The van der Waals surface area contributed by atoms with Crippen molar-refractivity contribution in [3.05, 3.63) is 72.6 Å². The predicted octanol–water partition coefficient (Wildman–Crippen LogP) is 5.26. The summed E-state index contributed by atoms with van der Waals surface area (Å²) in [5, 5.41) is 6.13. The van der Waals surface area contributed by atoms with E-state index in [1.165, 1.54) is 0 Å². The molecule has 0 aliphatic heterocycles. The Hall–Kier alpha value is -3.54. The molecule has 0 unspecified atom stereocenters. The first-order valence-electron chi connectivity index (χ1n) is 9.58. The van der Waals surface area contributed by atoms with Gasteiger partial charge in [-0.3, -0.25) is 4.79 Å². The van der Waals surface area contributed by atoms with Gasteiger partial charge in [-0.05, 0) is 57.2 Å². The molecular weight excluding hydrogens is 366 g/mol. The van der Waals surface area contributed by atoms with Gasteiger partial charge in [-0.25, -0.2) is 4.98 Å². The Morgan fingerprint density at radius 3 is 2.31 bits per heavy atom. The first-order valence-corrected chi connectivity index (χ1v) is 9.58. The zero-order valence-electron chi connectivity index (χ0n) is 16.8. The number of carbonyl (C=O) groups is 1. The molecule has 0 radical (unpaired) electrons. The lowest BCUT2D eigenvalue weighted by Gasteiger charge is -2.15. The normalized spacial score (nSPS) is 10.5. The van der Waals surface area contributed by atoms with Crippen LogP contribution >= 0.6 is 0 Å². The zero-order valence-corrected chi connectivity index (χ0v) is 16.8. The molecule has 0 saturated heterocycles. The number of nitrogens with zero attached hydrogens (tertiary/aromatic N) is 1.